The third-order valence-corrected chi connectivity index (χ3v) is 3.24. The lowest BCUT2D eigenvalue weighted by atomic mass is 9.91. The van der Waals surface area contributed by atoms with Gasteiger partial charge in [-0.05, 0) is 30.5 Å². The highest BCUT2D eigenvalue weighted by Crippen LogP contribution is 2.28. The monoisotopic (exact) mass is 230 g/mol. The fourth-order valence-electron chi connectivity index (χ4n) is 2.06. The minimum atomic E-state index is -1.00. The first-order valence-electron chi connectivity index (χ1n) is 5.86. The van der Waals surface area contributed by atoms with Crippen molar-refractivity contribution in [3.05, 3.63) is 53.3 Å². The van der Waals surface area contributed by atoms with Crippen LogP contribution >= 0.6 is 0 Å². The van der Waals surface area contributed by atoms with Crippen molar-refractivity contribution >= 4 is 0 Å². The van der Waals surface area contributed by atoms with Crippen molar-refractivity contribution in [3.63, 3.8) is 0 Å². The zero-order chi connectivity index (χ0) is 12.5. The van der Waals surface area contributed by atoms with E-state index < -0.39 is 5.60 Å². The van der Waals surface area contributed by atoms with Crippen LogP contribution in [0.1, 0.15) is 30.7 Å². The summed E-state index contributed by atoms with van der Waals surface area (Å²) in [5.74, 6) is 0. The van der Waals surface area contributed by atoms with Crippen molar-refractivity contribution < 1.29 is 5.11 Å². The molecule has 1 aromatic heterocycles. The largest absolute Gasteiger partial charge is 0.379 e. The Bertz CT molecular complexity index is 497. The molecule has 1 aromatic carbocycles. The number of benzene rings is 1. The Balaban J connectivity index is 2.40. The van der Waals surface area contributed by atoms with Crippen molar-refractivity contribution in [2.24, 2.45) is 7.05 Å². The molecule has 0 aliphatic rings. The van der Waals surface area contributed by atoms with Crippen LogP contribution in [0.25, 0.3) is 0 Å². The lowest BCUT2D eigenvalue weighted by molar-refractivity contribution is 0.0929. The van der Waals surface area contributed by atoms with Gasteiger partial charge >= 0.3 is 0 Å². The molecule has 0 saturated carbocycles. The Labute approximate surface area is 102 Å². The van der Waals surface area contributed by atoms with E-state index in [4.69, 9.17) is 0 Å². The molecule has 1 unspecified atom stereocenters. The van der Waals surface area contributed by atoms with Gasteiger partial charge in [-0.25, -0.2) is 0 Å². The molecule has 2 rings (SSSR count). The van der Waals surface area contributed by atoms with E-state index in [1.807, 2.05) is 25.2 Å². The van der Waals surface area contributed by atoms with Gasteiger partial charge in [0.1, 0.15) is 5.60 Å². The van der Waals surface area contributed by atoms with Gasteiger partial charge < -0.3 is 5.11 Å². The molecule has 0 fully saturated rings. The second-order valence-corrected chi connectivity index (χ2v) is 4.46. The zero-order valence-electron chi connectivity index (χ0n) is 10.5. The second-order valence-electron chi connectivity index (χ2n) is 4.46. The predicted octanol–water partition coefficient (Wildman–Crippen LogP) is 2.24. The van der Waals surface area contributed by atoms with Crippen LogP contribution in [0.2, 0.25) is 0 Å². The molecule has 1 N–H and O–H groups in total. The van der Waals surface area contributed by atoms with Crippen molar-refractivity contribution in [3.8, 4) is 0 Å². The van der Waals surface area contributed by atoms with Crippen LogP contribution in [0.4, 0.5) is 0 Å². The summed E-state index contributed by atoms with van der Waals surface area (Å²) < 4.78 is 1.70. The summed E-state index contributed by atoms with van der Waals surface area (Å²) in [6.45, 7) is 3.92. The topological polar surface area (TPSA) is 38.1 Å². The van der Waals surface area contributed by atoms with Crippen LogP contribution in [0.3, 0.4) is 0 Å². The van der Waals surface area contributed by atoms with Gasteiger partial charge in [0, 0.05) is 13.2 Å². The van der Waals surface area contributed by atoms with E-state index in [1.54, 1.807) is 17.8 Å². The number of hydrogen-bond acceptors (Lipinski definition) is 2. The van der Waals surface area contributed by atoms with Crippen LogP contribution in [0.5, 0.6) is 0 Å². The number of aromatic nitrogens is 2. The van der Waals surface area contributed by atoms with Gasteiger partial charge in [0.2, 0.25) is 0 Å². The molecule has 0 aliphatic heterocycles. The molecule has 2 aromatic rings. The number of aryl methyl sites for hydroxylation is 2. The maximum absolute atomic E-state index is 10.6. The summed E-state index contributed by atoms with van der Waals surface area (Å²) in [5, 5.41) is 14.7. The quantitative estimate of drug-likeness (QED) is 0.878. The Kier molecular flexibility index (Phi) is 3.03. The van der Waals surface area contributed by atoms with Crippen LogP contribution < -0.4 is 0 Å². The van der Waals surface area contributed by atoms with Gasteiger partial charge in [-0.2, -0.15) is 5.10 Å². The highest BCUT2D eigenvalue weighted by atomic mass is 16.3. The van der Waals surface area contributed by atoms with E-state index in [-0.39, 0.29) is 0 Å². The third-order valence-electron chi connectivity index (χ3n) is 3.24. The molecule has 3 heteroatoms. The van der Waals surface area contributed by atoms with Crippen molar-refractivity contribution in [2.75, 3.05) is 0 Å². The molecule has 0 aliphatic carbocycles. The van der Waals surface area contributed by atoms with Crippen molar-refractivity contribution in [2.45, 2.75) is 25.9 Å². The standard InChI is InChI=1S/C14H18N2O/c1-4-11-5-7-12(8-6-11)14(2,17)13-9-10-15-16(13)3/h5-10,17H,4H2,1-3H3. The molecule has 17 heavy (non-hydrogen) atoms. The van der Waals surface area contributed by atoms with Crippen molar-refractivity contribution in [1.29, 1.82) is 0 Å². The molecular formula is C14H18N2O. The predicted molar refractivity (Wildman–Crippen MR) is 67.7 cm³/mol. The molecular weight excluding hydrogens is 212 g/mol. The number of hydrogen-bond donors (Lipinski definition) is 1. The van der Waals surface area contributed by atoms with E-state index >= 15 is 0 Å². The summed E-state index contributed by atoms with van der Waals surface area (Å²) >= 11 is 0. The van der Waals surface area contributed by atoms with Crippen LogP contribution in [-0.2, 0) is 19.1 Å². The summed E-state index contributed by atoms with van der Waals surface area (Å²) in [4.78, 5) is 0. The van der Waals surface area contributed by atoms with Gasteiger partial charge in [0.25, 0.3) is 0 Å². The molecule has 0 spiro atoms. The zero-order valence-corrected chi connectivity index (χ0v) is 10.5. The molecule has 3 nitrogen and oxygen atoms in total. The first kappa shape index (κ1) is 11.9. The molecule has 0 amide bonds. The SMILES string of the molecule is CCc1ccc(C(C)(O)c2ccnn2C)cc1. The first-order chi connectivity index (χ1) is 8.05. The minimum Gasteiger partial charge on any atom is -0.379 e. The molecule has 0 bridgehead atoms. The van der Waals surface area contributed by atoms with E-state index in [2.05, 4.69) is 24.2 Å². The molecule has 1 heterocycles. The Morgan fingerprint density at radius 2 is 1.88 bits per heavy atom. The fourth-order valence-corrected chi connectivity index (χ4v) is 2.06. The highest BCUT2D eigenvalue weighted by molar-refractivity contribution is 5.33. The summed E-state index contributed by atoms with van der Waals surface area (Å²) in [7, 11) is 1.84. The minimum absolute atomic E-state index is 0.793. The van der Waals surface area contributed by atoms with E-state index in [1.165, 1.54) is 5.56 Å². The van der Waals surface area contributed by atoms with Crippen LogP contribution in [0, 0.1) is 0 Å². The Morgan fingerprint density at radius 3 is 2.35 bits per heavy atom. The van der Waals surface area contributed by atoms with E-state index in [0.717, 1.165) is 17.7 Å². The maximum atomic E-state index is 10.6. The fraction of sp³-hybridized carbons (Fsp3) is 0.357. The number of aliphatic hydroxyl groups is 1. The summed E-state index contributed by atoms with van der Waals surface area (Å²) in [6.07, 6.45) is 2.71. The molecule has 1 atom stereocenters. The van der Waals surface area contributed by atoms with Gasteiger partial charge in [0.15, 0.2) is 0 Å². The summed E-state index contributed by atoms with van der Waals surface area (Å²) in [5.41, 5.74) is 1.95. The average Bonchev–Trinajstić information content (AvgIpc) is 2.76. The highest BCUT2D eigenvalue weighted by Gasteiger charge is 2.28. The maximum Gasteiger partial charge on any atom is 0.128 e. The first-order valence-corrected chi connectivity index (χ1v) is 5.86. The van der Waals surface area contributed by atoms with Crippen LogP contribution in [-0.4, -0.2) is 14.9 Å². The molecule has 0 saturated heterocycles. The van der Waals surface area contributed by atoms with Crippen molar-refractivity contribution in [1.82, 2.24) is 9.78 Å². The number of nitrogens with zero attached hydrogens (tertiary/aromatic N) is 2. The normalized spacial score (nSPS) is 14.6. The Hall–Kier alpha value is -1.61. The molecule has 0 radical (unpaired) electrons. The number of rotatable bonds is 3. The second kappa shape index (κ2) is 4.34. The summed E-state index contributed by atoms with van der Waals surface area (Å²) in [6, 6.07) is 9.91. The lowest BCUT2D eigenvalue weighted by Crippen LogP contribution is -2.26. The Morgan fingerprint density at radius 1 is 1.24 bits per heavy atom. The van der Waals surface area contributed by atoms with Gasteiger partial charge in [-0.1, -0.05) is 31.2 Å². The van der Waals surface area contributed by atoms with Gasteiger partial charge in [0.05, 0.1) is 5.69 Å². The molecule has 90 valence electrons. The lowest BCUT2D eigenvalue weighted by Gasteiger charge is -2.24. The van der Waals surface area contributed by atoms with Gasteiger partial charge in [-0.3, -0.25) is 4.68 Å². The smallest absolute Gasteiger partial charge is 0.128 e. The average molecular weight is 230 g/mol. The van der Waals surface area contributed by atoms with E-state index in [9.17, 15) is 5.11 Å². The van der Waals surface area contributed by atoms with Gasteiger partial charge in [-0.15, -0.1) is 0 Å². The van der Waals surface area contributed by atoms with E-state index in [0.29, 0.717) is 0 Å². The van der Waals surface area contributed by atoms with Crippen LogP contribution in [0.15, 0.2) is 36.5 Å². The third kappa shape index (κ3) is 2.11.